The van der Waals surface area contributed by atoms with Gasteiger partial charge in [0.05, 0.1) is 0 Å². The van der Waals surface area contributed by atoms with Gasteiger partial charge in [0.1, 0.15) is 5.82 Å². The van der Waals surface area contributed by atoms with E-state index in [2.05, 4.69) is 46.0 Å². The SMILES string of the molecule is CC(C)(C)c1nsc(N(CCBr)C2CCC2)n1. The lowest BCUT2D eigenvalue weighted by molar-refractivity contribution is 0.390. The van der Waals surface area contributed by atoms with Crippen molar-refractivity contribution in [1.82, 2.24) is 9.36 Å². The molecule has 1 aliphatic carbocycles. The molecular weight excluding hydrogens is 298 g/mol. The molecule has 0 amide bonds. The molecule has 2 rings (SSSR count). The predicted octanol–water partition coefficient (Wildman–Crippen LogP) is 3.59. The van der Waals surface area contributed by atoms with Crippen LogP contribution in [0, 0.1) is 0 Å². The highest BCUT2D eigenvalue weighted by Gasteiger charge is 2.28. The van der Waals surface area contributed by atoms with Crippen LogP contribution in [0.4, 0.5) is 5.13 Å². The van der Waals surface area contributed by atoms with Crippen LogP contribution in [0.5, 0.6) is 0 Å². The first-order chi connectivity index (χ1) is 8.02. The van der Waals surface area contributed by atoms with Crippen molar-refractivity contribution < 1.29 is 0 Å². The number of anilines is 1. The monoisotopic (exact) mass is 317 g/mol. The number of nitrogens with zero attached hydrogens (tertiary/aromatic N) is 3. The zero-order valence-electron chi connectivity index (χ0n) is 10.7. The van der Waals surface area contributed by atoms with Gasteiger partial charge in [0.25, 0.3) is 0 Å². The Labute approximate surface area is 116 Å². The zero-order valence-corrected chi connectivity index (χ0v) is 13.1. The van der Waals surface area contributed by atoms with Crippen LogP contribution in [0.15, 0.2) is 0 Å². The lowest BCUT2D eigenvalue weighted by Crippen LogP contribution is -2.41. The van der Waals surface area contributed by atoms with E-state index in [4.69, 9.17) is 4.98 Å². The molecule has 17 heavy (non-hydrogen) atoms. The number of hydrogen-bond donors (Lipinski definition) is 0. The molecule has 1 aromatic heterocycles. The number of halogens is 1. The van der Waals surface area contributed by atoms with E-state index in [1.165, 1.54) is 19.3 Å². The lowest BCUT2D eigenvalue weighted by atomic mass is 9.92. The van der Waals surface area contributed by atoms with Crippen molar-refractivity contribution in [3.8, 4) is 0 Å². The first-order valence-corrected chi connectivity index (χ1v) is 8.08. The first-order valence-electron chi connectivity index (χ1n) is 6.19. The van der Waals surface area contributed by atoms with Gasteiger partial charge < -0.3 is 4.90 Å². The molecule has 0 aromatic carbocycles. The molecule has 0 radical (unpaired) electrons. The topological polar surface area (TPSA) is 29.0 Å². The van der Waals surface area contributed by atoms with Crippen LogP contribution in [0.3, 0.4) is 0 Å². The van der Waals surface area contributed by atoms with E-state index < -0.39 is 0 Å². The van der Waals surface area contributed by atoms with E-state index >= 15 is 0 Å². The summed E-state index contributed by atoms with van der Waals surface area (Å²) < 4.78 is 4.50. The Morgan fingerprint density at radius 3 is 2.53 bits per heavy atom. The number of alkyl halides is 1. The molecule has 0 unspecified atom stereocenters. The van der Waals surface area contributed by atoms with Crippen LogP contribution in [-0.2, 0) is 5.41 Å². The average molecular weight is 318 g/mol. The number of aromatic nitrogens is 2. The maximum Gasteiger partial charge on any atom is 0.205 e. The van der Waals surface area contributed by atoms with E-state index in [0.717, 1.165) is 22.8 Å². The largest absolute Gasteiger partial charge is 0.343 e. The van der Waals surface area contributed by atoms with Crippen LogP contribution in [-0.4, -0.2) is 27.3 Å². The van der Waals surface area contributed by atoms with Gasteiger partial charge in [-0.1, -0.05) is 36.7 Å². The second-order valence-electron chi connectivity index (χ2n) is 5.62. The average Bonchev–Trinajstić information content (AvgIpc) is 2.61. The van der Waals surface area contributed by atoms with Gasteiger partial charge in [-0.3, -0.25) is 0 Å². The van der Waals surface area contributed by atoms with Gasteiger partial charge >= 0.3 is 0 Å². The Hall–Kier alpha value is -0.160. The fourth-order valence-electron chi connectivity index (χ4n) is 1.86. The third kappa shape index (κ3) is 2.99. The van der Waals surface area contributed by atoms with Gasteiger partial charge in [0, 0.05) is 34.9 Å². The summed E-state index contributed by atoms with van der Waals surface area (Å²) in [6.07, 6.45) is 3.96. The molecule has 0 aliphatic heterocycles. The van der Waals surface area contributed by atoms with Gasteiger partial charge in [0.2, 0.25) is 5.13 Å². The summed E-state index contributed by atoms with van der Waals surface area (Å²) in [4.78, 5) is 7.14. The van der Waals surface area contributed by atoms with Crippen molar-refractivity contribution in [2.45, 2.75) is 51.5 Å². The lowest BCUT2D eigenvalue weighted by Gasteiger charge is -2.36. The highest BCUT2D eigenvalue weighted by Crippen LogP contribution is 2.32. The smallest absolute Gasteiger partial charge is 0.205 e. The second-order valence-corrected chi connectivity index (χ2v) is 7.14. The van der Waals surface area contributed by atoms with E-state index in [1.807, 2.05) is 0 Å². The first kappa shape index (κ1) is 13.3. The summed E-state index contributed by atoms with van der Waals surface area (Å²) >= 11 is 5.08. The Balaban J connectivity index is 2.15. The minimum Gasteiger partial charge on any atom is -0.343 e. The molecule has 1 aliphatic rings. The number of hydrogen-bond acceptors (Lipinski definition) is 4. The zero-order chi connectivity index (χ0) is 12.5. The standard InChI is InChI=1S/C12H20BrN3S/c1-12(2,3)10-14-11(17-15-10)16(8-7-13)9-5-4-6-9/h9H,4-8H2,1-3H3. The van der Waals surface area contributed by atoms with E-state index in [9.17, 15) is 0 Å². The minimum atomic E-state index is 0.0500. The maximum atomic E-state index is 4.72. The van der Waals surface area contributed by atoms with Gasteiger partial charge in [-0.2, -0.15) is 4.37 Å². The van der Waals surface area contributed by atoms with Crippen molar-refractivity contribution in [2.75, 3.05) is 16.8 Å². The van der Waals surface area contributed by atoms with E-state index in [0.29, 0.717) is 6.04 Å². The third-order valence-corrected chi connectivity index (χ3v) is 4.28. The van der Waals surface area contributed by atoms with Crippen molar-refractivity contribution in [3.63, 3.8) is 0 Å². The molecule has 0 atom stereocenters. The van der Waals surface area contributed by atoms with Crippen LogP contribution in [0.25, 0.3) is 0 Å². The van der Waals surface area contributed by atoms with Crippen LogP contribution < -0.4 is 4.90 Å². The summed E-state index contributed by atoms with van der Waals surface area (Å²) in [6, 6.07) is 0.688. The Bertz CT molecular complexity index is 368. The second kappa shape index (κ2) is 5.22. The van der Waals surface area contributed by atoms with Crippen molar-refractivity contribution in [3.05, 3.63) is 5.82 Å². The minimum absolute atomic E-state index is 0.0500. The molecule has 96 valence electrons. The summed E-state index contributed by atoms with van der Waals surface area (Å²) in [7, 11) is 0. The fraction of sp³-hybridized carbons (Fsp3) is 0.833. The van der Waals surface area contributed by atoms with E-state index in [-0.39, 0.29) is 5.41 Å². The molecule has 1 aromatic rings. The molecule has 3 nitrogen and oxygen atoms in total. The summed E-state index contributed by atoms with van der Waals surface area (Å²) in [5.74, 6) is 0.969. The quantitative estimate of drug-likeness (QED) is 0.795. The normalized spacial score (nSPS) is 16.9. The molecule has 0 bridgehead atoms. The van der Waals surface area contributed by atoms with Gasteiger partial charge in [0.15, 0.2) is 0 Å². The molecular formula is C12H20BrN3S. The highest BCUT2D eigenvalue weighted by molar-refractivity contribution is 9.09. The fourth-order valence-corrected chi connectivity index (χ4v) is 3.20. The molecule has 1 heterocycles. The van der Waals surface area contributed by atoms with Crippen molar-refractivity contribution in [2.24, 2.45) is 0 Å². The predicted molar refractivity (Wildman–Crippen MR) is 77.4 cm³/mol. The summed E-state index contributed by atoms with van der Waals surface area (Å²) in [5, 5.41) is 2.09. The van der Waals surface area contributed by atoms with E-state index in [1.54, 1.807) is 11.5 Å². The molecule has 0 N–H and O–H groups in total. The Kier molecular flexibility index (Phi) is 4.08. The Morgan fingerprint density at radius 2 is 2.12 bits per heavy atom. The molecule has 5 heteroatoms. The highest BCUT2D eigenvalue weighted by atomic mass is 79.9. The van der Waals surface area contributed by atoms with Crippen molar-refractivity contribution in [1.29, 1.82) is 0 Å². The maximum absolute atomic E-state index is 4.72. The Morgan fingerprint density at radius 1 is 1.41 bits per heavy atom. The van der Waals surface area contributed by atoms with Crippen LogP contribution in [0.1, 0.15) is 45.9 Å². The van der Waals surface area contributed by atoms with Gasteiger partial charge in [-0.05, 0) is 19.3 Å². The molecule has 1 saturated carbocycles. The number of rotatable bonds is 4. The van der Waals surface area contributed by atoms with Crippen LogP contribution >= 0.6 is 27.5 Å². The summed E-state index contributed by atoms with van der Waals surface area (Å²) in [6.45, 7) is 7.52. The molecule has 0 saturated heterocycles. The summed E-state index contributed by atoms with van der Waals surface area (Å²) in [5.41, 5.74) is 0.0500. The van der Waals surface area contributed by atoms with Gasteiger partial charge in [-0.25, -0.2) is 4.98 Å². The van der Waals surface area contributed by atoms with Crippen molar-refractivity contribution >= 4 is 32.6 Å². The van der Waals surface area contributed by atoms with Crippen LogP contribution in [0.2, 0.25) is 0 Å². The third-order valence-electron chi connectivity index (χ3n) is 3.17. The van der Waals surface area contributed by atoms with Gasteiger partial charge in [-0.15, -0.1) is 0 Å². The molecule has 0 spiro atoms. The molecule has 1 fully saturated rings.